The van der Waals surface area contributed by atoms with Crippen molar-refractivity contribution in [2.24, 2.45) is 5.92 Å². The largest absolute Gasteiger partial charge is 0.462 e. The summed E-state index contributed by atoms with van der Waals surface area (Å²) in [4.78, 5) is 37.1. The molecule has 1 aromatic carbocycles. The number of hydrogen-bond acceptors (Lipinski definition) is 8. The summed E-state index contributed by atoms with van der Waals surface area (Å²) in [5.74, 6) is 0.0239. The zero-order valence-electron chi connectivity index (χ0n) is 19.7. The van der Waals surface area contributed by atoms with Gasteiger partial charge in [0.2, 0.25) is 0 Å². The third kappa shape index (κ3) is 5.21. The zero-order chi connectivity index (χ0) is 25.8. The summed E-state index contributed by atoms with van der Waals surface area (Å²) in [7, 11) is 0. The van der Waals surface area contributed by atoms with Crippen molar-refractivity contribution in [3.8, 4) is 17.4 Å². The van der Waals surface area contributed by atoms with Gasteiger partial charge in [-0.15, -0.1) is 11.3 Å². The highest BCUT2D eigenvalue weighted by Gasteiger charge is 2.29. The van der Waals surface area contributed by atoms with E-state index in [4.69, 9.17) is 9.15 Å². The molecule has 36 heavy (non-hydrogen) atoms. The summed E-state index contributed by atoms with van der Waals surface area (Å²) in [6, 6.07) is 11.0. The van der Waals surface area contributed by atoms with Gasteiger partial charge in [0.05, 0.1) is 17.1 Å². The molecule has 2 heterocycles. The Balaban J connectivity index is 1.57. The number of nitro groups is 1. The van der Waals surface area contributed by atoms with E-state index < -0.39 is 16.8 Å². The molecular formula is C26H23N3O6S. The highest BCUT2D eigenvalue weighted by molar-refractivity contribution is 7.17. The van der Waals surface area contributed by atoms with E-state index in [0.29, 0.717) is 27.8 Å². The minimum absolute atomic E-state index is 0.0410. The van der Waals surface area contributed by atoms with Crippen LogP contribution in [0.4, 0.5) is 10.7 Å². The minimum Gasteiger partial charge on any atom is -0.462 e. The highest BCUT2D eigenvalue weighted by Crippen LogP contribution is 2.40. The molecule has 10 heteroatoms. The Morgan fingerprint density at radius 1 is 1.31 bits per heavy atom. The topological polar surface area (TPSA) is 135 Å². The van der Waals surface area contributed by atoms with Crippen LogP contribution in [0.5, 0.6) is 0 Å². The molecule has 1 aliphatic rings. The third-order valence-electron chi connectivity index (χ3n) is 5.86. The van der Waals surface area contributed by atoms with Crippen molar-refractivity contribution < 1.29 is 23.7 Å². The summed E-state index contributed by atoms with van der Waals surface area (Å²) in [5, 5.41) is 23.6. The predicted octanol–water partition coefficient (Wildman–Crippen LogP) is 5.76. The number of nitrogens with one attached hydrogen (secondary N) is 1. The van der Waals surface area contributed by atoms with Crippen LogP contribution in [0.3, 0.4) is 0 Å². The van der Waals surface area contributed by atoms with Gasteiger partial charge >= 0.3 is 5.97 Å². The second-order valence-electron chi connectivity index (χ2n) is 8.41. The van der Waals surface area contributed by atoms with Crippen molar-refractivity contribution in [3.63, 3.8) is 0 Å². The van der Waals surface area contributed by atoms with Gasteiger partial charge < -0.3 is 14.5 Å². The van der Waals surface area contributed by atoms with Gasteiger partial charge in [0.25, 0.3) is 11.6 Å². The van der Waals surface area contributed by atoms with Gasteiger partial charge in [0.1, 0.15) is 28.2 Å². The van der Waals surface area contributed by atoms with Gasteiger partial charge in [-0.3, -0.25) is 14.9 Å². The quantitative estimate of drug-likeness (QED) is 0.142. The number of hydrogen-bond donors (Lipinski definition) is 1. The van der Waals surface area contributed by atoms with E-state index >= 15 is 0 Å². The van der Waals surface area contributed by atoms with Gasteiger partial charge in [-0.1, -0.05) is 6.92 Å². The molecule has 1 amide bonds. The minimum atomic E-state index is -0.664. The molecule has 1 N–H and O–H groups in total. The normalized spacial score (nSPS) is 15.0. The summed E-state index contributed by atoms with van der Waals surface area (Å²) < 4.78 is 11.0. The number of nitro benzene ring substituents is 1. The number of furan rings is 1. The molecular weight excluding hydrogens is 482 g/mol. The molecule has 0 aliphatic heterocycles. The zero-order valence-corrected chi connectivity index (χ0v) is 20.5. The Bertz CT molecular complexity index is 1390. The number of fused-ring (bicyclic) bond motifs is 1. The lowest BCUT2D eigenvalue weighted by Gasteiger charge is -2.18. The number of benzene rings is 1. The van der Waals surface area contributed by atoms with Crippen LogP contribution in [0.1, 0.15) is 46.8 Å². The van der Waals surface area contributed by atoms with Crippen LogP contribution in [0, 0.1) is 27.4 Å². The van der Waals surface area contributed by atoms with Gasteiger partial charge in [0.15, 0.2) is 0 Å². The van der Waals surface area contributed by atoms with Gasteiger partial charge in [-0.25, -0.2) is 4.79 Å². The summed E-state index contributed by atoms with van der Waals surface area (Å²) in [6.45, 7) is 4.09. The molecule has 0 fully saturated rings. The number of esters is 1. The number of carbonyl (C=O) groups is 2. The van der Waals surface area contributed by atoms with Crippen LogP contribution in [0.2, 0.25) is 0 Å². The van der Waals surface area contributed by atoms with E-state index in [9.17, 15) is 25.0 Å². The number of amides is 1. The molecule has 1 atom stereocenters. The first-order valence-corrected chi connectivity index (χ1v) is 12.2. The number of nitriles is 1. The van der Waals surface area contributed by atoms with Crippen molar-refractivity contribution >= 4 is 40.0 Å². The number of carbonyl (C=O) groups excluding carboxylic acids is 2. The first-order chi connectivity index (χ1) is 17.3. The smallest absolute Gasteiger partial charge is 0.341 e. The second kappa shape index (κ2) is 10.6. The van der Waals surface area contributed by atoms with Crippen molar-refractivity contribution in [2.75, 3.05) is 11.9 Å². The van der Waals surface area contributed by atoms with Crippen LogP contribution < -0.4 is 5.32 Å². The Morgan fingerprint density at radius 2 is 2.06 bits per heavy atom. The molecule has 3 aromatic rings. The van der Waals surface area contributed by atoms with Gasteiger partial charge in [0, 0.05) is 28.6 Å². The van der Waals surface area contributed by atoms with Gasteiger partial charge in [-0.2, -0.15) is 5.26 Å². The fraction of sp³-hybridized carbons (Fsp3) is 0.269. The number of ether oxygens (including phenoxy) is 1. The van der Waals surface area contributed by atoms with Gasteiger partial charge in [-0.05, 0) is 61.9 Å². The molecule has 9 nitrogen and oxygen atoms in total. The Morgan fingerprint density at radius 3 is 2.72 bits per heavy atom. The lowest BCUT2D eigenvalue weighted by Crippen LogP contribution is -2.17. The standard InChI is InChI=1S/C26H23N3O6S/c1-3-34-26(31)23-20-10-4-15(2)12-22(20)36-25(23)28-24(30)17(14-27)13-19-9-11-21(35-19)16-5-7-18(8-6-16)29(32)33/h5-9,11,13,15H,3-4,10,12H2,1-2H3,(H,28,30)/b17-13+/t15-/m0/s1. The number of non-ortho nitro benzene ring substituents is 1. The molecule has 0 saturated heterocycles. The monoisotopic (exact) mass is 505 g/mol. The molecule has 184 valence electrons. The lowest BCUT2D eigenvalue weighted by molar-refractivity contribution is -0.384. The van der Waals surface area contributed by atoms with E-state index in [2.05, 4.69) is 12.2 Å². The van der Waals surface area contributed by atoms with Crippen molar-refractivity contribution in [1.29, 1.82) is 5.26 Å². The molecule has 0 radical (unpaired) electrons. The van der Waals surface area contributed by atoms with Crippen molar-refractivity contribution in [1.82, 2.24) is 0 Å². The first-order valence-electron chi connectivity index (χ1n) is 11.4. The summed E-state index contributed by atoms with van der Waals surface area (Å²) >= 11 is 1.35. The van der Waals surface area contributed by atoms with Crippen molar-refractivity contribution in [2.45, 2.75) is 33.1 Å². The summed E-state index contributed by atoms with van der Waals surface area (Å²) in [5.41, 5.74) is 1.65. The van der Waals surface area contributed by atoms with Crippen LogP contribution in [-0.4, -0.2) is 23.4 Å². The molecule has 4 rings (SSSR count). The molecule has 2 aromatic heterocycles. The van der Waals surface area contributed by atoms with E-state index in [1.54, 1.807) is 31.2 Å². The summed E-state index contributed by atoms with van der Waals surface area (Å²) in [6.07, 6.45) is 3.81. The third-order valence-corrected chi connectivity index (χ3v) is 7.03. The lowest BCUT2D eigenvalue weighted by atomic mass is 9.88. The SMILES string of the molecule is CCOC(=O)c1c(NC(=O)/C(C#N)=C/c2ccc(-c3ccc([N+](=O)[O-])cc3)o2)sc2c1CC[C@H](C)C2. The molecule has 0 unspecified atom stereocenters. The second-order valence-corrected chi connectivity index (χ2v) is 9.51. The number of rotatable bonds is 7. The Kier molecular flexibility index (Phi) is 7.31. The van der Waals surface area contributed by atoms with Crippen molar-refractivity contribution in [3.05, 3.63) is 73.8 Å². The maximum atomic E-state index is 13.0. The first kappa shape index (κ1) is 24.9. The number of anilines is 1. The highest BCUT2D eigenvalue weighted by atomic mass is 32.1. The van der Waals surface area contributed by atoms with Crippen LogP contribution in [0.15, 0.2) is 46.4 Å². The van der Waals surface area contributed by atoms with E-state index in [-0.39, 0.29) is 23.6 Å². The van der Waals surface area contributed by atoms with Crippen LogP contribution >= 0.6 is 11.3 Å². The van der Waals surface area contributed by atoms with E-state index in [1.165, 1.54) is 29.5 Å². The maximum Gasteiger partial charge on any atom is 0.341 e. The Labute approximate surface area is 211 Å². The number of nitrogens with zero attached hydrogens (tertiary/aromatic N) is 2. The van der Waals surface area contributed by atoms with Crippen LogP contribution in [0.25, 0.3) is 17.4 Å². The molecule has 1 aliphatic carbocycles. The van der Waals surface area contributed by atoms with E-state index in [1.807, 2.05) is 6.07 Å². The molecule has 0 saturated carbocycles. The average molecular weight is 506 g/mol. The molecule has 0 bridgehead atoms. The average Bonchev–Trinajstić information content (AvgIpc) is 3.46. The predicted molar refractivity (Wildman–Crippen MR) is 134 cm³/mol. The Hall–Kier alpha value is -4.23. The number of thiophene rings is 1. The fourth-order valence-electron chi connectivity index (χ4n) is 4.05. The van der Waals surface area contributed by atoms with E-state index in [0.717, 1.165) is 29.7 Å². The fourth-order valence-corrected chi connectivity index (χ4v) is 5.45. The maximum absolute atomic E-state index is 13.0. The molecule has 0 spiro atoms. The van der Waals surface area contributed by atoms with Crippen LogP contribution in [-0.2, 0) is 22.4 Å².